The molecule has 0 spiro atoms. The van der Waals surface area contributed by atoms with Crippen molar-refractivity contribution >= 4 is 17.7 Å². The van der Waals surface area contributed by atoms with Crippen LogP contribution in [0.5, 0.6) is 0 Å². The molecule has 1 aliphatic rings. The lowest BCUT2D eigenvalue weighted by Gasteiger charge is -2.11. The summed E-state index contributed by atoms with van der Waals surface area (Å²) in [4.78, 5) is 11.3. The van der Waals surface area contributed by atoms with Crippen LogP contribution in [0.1, 0.15) is 26.7 Å². The number of nitrogens with one attached hydrogen (secondary N) is 2. The molecule has 1 aliphatic heterocycles. The molecule has 2 unspecified atom stereocenters. The predicted molar refractivity (Wildman–Crippen MR) is 61.6 cm³/mol. The highest BCUT2D eigenvalue weighted by Crippen LogP contribution is 2.25. The molecule has 0 aromatic rings. The lowest BCUT2D eigenvalue weighted by atomic mass is 10.2. The predicted octanol–water partition coefficient (Wildman–Crippen LogP) is 0.996. The number of rotatable bonds is 5. The van der Waals surface area contributed by atoms with Gasteiger partial charge in [0.2, 0.25) is 5.91 Å². The summed E-state index contributed by atoms with van der Waals surface area (Å²) >= 11 is 1.98. The number of hydrogen-bond acceptors (Lipinski definition) is 3. The normalized spacial score (nSPS) is 26.4. The van der Waals surface area contributed by atoms with Gasteiger partial charge in [0.15, 0.2) is 0 Å². The van der Waals surface area contributed by atoms with E-state index in [-0.39, 0.29) is 5.91 Å². The van der Waals surface area contributed by atoms with Crippen molar-refractivity contribution in [1.29, 1.82) is 0 Å². The van der Waals surface area contributed by atoms with Crippen molar-refractivity contribution in [3.8, 4) is 0 Å². The zero-order valence-electron chi connectivity index (χ0n) is 9.01. The summed E-state index contributed by atoms with van der Waals surface area (Å²) in [5.41, 5.74) is 0. The third-order valence-corrected chi connectivity index (χ3v) is 3.68. The van der Waals surface area contributed by atoms with E-state index in [1.807, 2.05) is 11.8 Å². The Morgan fingerprint density at radius 1 is 1.57 bits per heavy atom. The molecule has 0 radical (unpaired) electrons. The van der Waals surface area contributed by atoms with Gasteiger partial charge in [-0.3, -0.25) is 4.79 Å². The van der Waals surface area contributed by atoms with E-state index in [0.717, 1.165) is 24.0 Å². The number of amides is 1. The zero-order chi connectivity index (χ0) is 10.4. The number of carbonyl (C=O) groups excluding carboxylic acids is 1. The van der Waals surface area contributed by atoms with Crippen LogP contribution in [0.25, 0.3) is 0 Å². The second kappa shape index (κ2) is 6.30. The molecule has 0 aromatic heterocycles. The zero-order valence-corrected chi connectivity index (χ0v) is 9.82. The molecule has 0 aliphatic carbocycles. The monoisotopic (exact) mass is 216 g/mol. The average Bonchev–Trinajstić information content (AvgIpc) is 2.58. The molecule has 1 fully saturated rings. The topological polar surface area (TPSA) is 41.1 Å². The standard InChI is InChI=1S/C10H20N2OS/c1-3-4-11-10(13)6-12-9-5-8(2)14-7-9/h8-9,12H,3-7H2,1-2H3,(H,11,13). The van der Waals surface area contributed by atoms with Crippen LogP contribution >= 0.6 is 11.8 Å². The van der Waals surface area contributed by atoms with Crippen molar-refractivity contribution in [2.75, 3.05) is 18.8 Å². The molecule has 2 atom stereocenters. The summed E-state index contributed by atoms with van der Waals surface area (Å²) in [5.74, 6) is 1.26. The summed E-state index contributed by atoms with van der Waals surface area (Å²) in [6, 6.07) is 0.530. The van der Waals surface area contributed by atoms with Crippen molar-refractivity contribution < 1.29 is 4.79 Å². The fraction of sp³-hybridized carbons (Fsp3) is 0.900. The van der Waals surface area contributed by atoms with Crippen molar-refractivity contribution in [3.63, 3.8) is 0 Å². The molecule has 3 nitrogen and oxygen atoms in total. The maximum absolute atomic E-state index is 11.3. The van der Waals surface area contributed by atoms with E-state index in [1.54, 1.807) is 0 Å². The van der Waals surface area contributed by atoms with Gasteiger partial charge in [-0.15, -0.1) is 0 Å². The molecule has 14 heavy (non-hydrogen) atoms. The molecule has 1 rings (SSSR count). The first-order chi connectivity index (χ1) is 6.72. The van der Waals surface area contributed by atoms with Crippen molar-refractivity contribution in [2.24, 2.45) is 0 Å². The Bertz CT molecular complexity index is 187. The molecule has 2 N–H and O–H groups in total. The van der Waals surface area contributed by atoms with E-state index >= 15 is 0 Å². The van der Waals surface area contributed by atoms with Crippen LogP contribution in [0.15, 0.2) is 0 Å². The quantitative estimate of drug-likeness (QED) is 0.720. The van der Waals surface area contributed by atoms with Crippen LogP contribution in [0.4, 0.5) is 0 Å². The lowest BCUT2D eigenvalue weighted by molar-refractivity contribution is -0.120. The maximum Gasteiger partial charge on any atom is 0.233 e. The van der Waals surface area contributed by atoms with E-state index < -0.39 is 0 Å². The van der Waals surface area contributed by atoms with Crippen LogP contribution in [-0.4, -0.2) is 36.0 Å². The second-order valence-corrected chi connectivity index (χ2v) is 5.28. The molecular weight excluding hydrogens is 196 g/mol. The van der Waals surface area contributed by atoms with E-state index in [4.69, 9.17) is 0 Å². The summed E-state index contributed by atoms with van der Waals surface area (Å²) in [6.45, 7) is 5.56. The summed E-state index contributed by atoms with van der Waals surface area (Å²) in [6.07, 6.45) is 2.19. The Hall–Kier alpha value is -0.220. The van der Waals surface area contributed by atoms with Crippen molar-refractivity contribution in [1.82, 2.24) is 10.6 Å². The summed E-state index contributed by atoms with van der Waals surface area (Å²) in [5, 5.41) is 6.89. The molecule has 0 bridgehead atoms. The second-order valence-electron chi connectivity index (χ2n) is 3.81. The average molecular weight is 216 g/mol. The van der Waals surface area contributed by atoms with E-state index in [0.29, 0.717) is 12.6 Å². The fourth-order valence-corrected chi connectivity index (χ4v) is 2.71. The molecule has 1 heterocycles. The van der Waals surface area contributed by atoms with Gasteiger partial charge in [0.25, 0.3) is 0 Å². The van der Waals surface area contributed by atoms with Crippen LogP contribution in [0.2, 0.25) is 0 Å². The van der Waals surface area contributed by atoms with E-state index in [1.165, 1.54) is 6.42 Å². The molecule has 1 amide bonds. The Balaban J connectivity index is 2.05. The van der Waals surface area contributed by atoms with Crippen LogP contribution in [0, 0.1) is 0 Å². The van der Waals surface area contributed by atoms with Crippen LogP contribution in [-0.2, 0) is 4.79 Å². The van der Waals surface area contributed by atoms with Gasteiger partial charge in [-0.05, 0) is 12.8 Å². The first-order valence-corrected chi connectivity index (χ1v) is 6.39. The largest absolute Gasteiger partial charge is 0.355 e. The summed E-state index contributed by atoms with van der Waals surface area (Å²) in [7, 11) is 0. The van der Waals surface area contributed by atoms with Gasteiger partial charge in [-0.25, -0.2) is 0 Å². The smallest absolute Gasteiger partial charge is 0.233 e. The van der Waals surface area contributed by atoms with Crippen molar-refractivity contribution in [3.05, 3.63) is 0 Å². The lowest BCUT2D eigenvalue weighted by Crippen LogP contribution is -2.39. The van der Waals surface area contributed by atoms with Gasteiger partial charge in [0, 0.05) is 23.6 Å². The third-order valence-electron chi connectivity index (χ3n) is 2.32. The molecule has 1 saturated heterocycles. The highest BCUT2D eigenvalue weighted by Gasteiger charge is 2.21. The first kappa shape index (κ1) is 11.9. The Morgan fingerprint density at radius 2 is 2.36 bits per heavy atom. The molecule has 0 saturated carbocycles. The minimum absolute atomic E-state index is 0.122. The van der Waals surface area contributed by atoms with E-state index in [9.17, 15) is 4.79 Å². The Morgan fingerprint density at radius 3 is 2.93 bits per heavy atom. The molecule has 82 valence electrons. The van der Waals surface area contributed by atoms with Gasteiger partial charge in [-0.1, -0.05) is 13.8 Å². The minimum Gasteiger partial charge on any atom is -0.355 e. The van der Waals surface area contributed by atoms with Gasteiger partial charge in [0.1, 0.15) is 0 Å². The number of thioether (sulfide) groups is 1. The highest BCUT2D eigenvalue weighted by atomic mass is 32.2. The van der Waals surface area contributed by atoms with Crippen LogP contribution < -0.4 is 10.6 Å². The van der Waals surface area contributed by atoms with E-state index in [2.05, 4.69) is 24.5 Å². The fourth-order valence-electron chi connectivity index (χ4n) is 1.52. The molecule has 0 aromatic carbocycles. The Labute approximate surface area is 90.4 Å². The van der Waals surface area contributed by atoms with Crippen LogP contribution in [0.3, 0.4) is 0 Å². The SMILES string of the molecule is CCCNC(=O)CNC1CSC(C)C1. The van der Waals surface area contributed by atoms with Gasteiger partial charge in [-0.2, -0.15) is 11.8 Å². The number of hydrogen-bond donors (Lipinski definition) is 2. The van der Waals surface area contributed by atoms with Gasteiger partial charge < -0.3 is 10.6 Å². The first-order valence-electron chi connectivity index (χ1n) is 5.34. The van der Waals surface area contributed by atoms with Gasteiger partial charge in [0.05, 0.1) is 6.54 Å². The molecular formula is C10H20N2OS. The molecule has 4 heteroatoms. The van der Waals surface area contributed by atoms with Gasteiger partial charge >= 0.3 is 0 Å². The minimum atomic E-state index is 0.122. The third kappa shape index (κ3) is 4.33. The van der Waals surface area contributed by atoms with Crippen molar-refractivity contribution in [2.45, 2.75) is 38.0 Å². The maximum atomic E-state index is 11.3. The highest BCUT2D eigenvalue weighted by molar-refractivity contribution is 8.00. The number of carbonyl (C=O) groups is 1. The summed E-state index contributed by atoms with van der Waals surface area (Å²) < 4.78 is 0. The Kier molecular flexibility index (Phi) is 5.33.